The number of nitrogens with zero attached hydrogens (tertiary/aromatic N) is 4. The van der Waals surface area contributed by atoms with Crippen LogP contribution >= 0.6 is 11.5 Å². The van der Waals surface area contributed by atoms with Crippen LogP contribution in [0, 0.1) is 0 Å². The molecule has 0 aliphatic carbocycles. The van der Waals surface area contributed by atoms with Crippen molar-refractivity contribution in [1.82, 2.24) is 14.3 Å². The van der Waals surface area contributed by atoms with Crippen molar-refractivity contribution in [1.29, 1.82) is 0 Å². The van der Waals surface area contributed by atoms with Gasteiger partial charge in [0.25, 0.3) is 0 Å². The minimum Gasteiger partial charge on any atom is -0.497 e. The highest BCUT2D eigenvalue weighted by atomic mass is 32.1. The maximum absolute atomic E-state index is 12.2. The summed E-state index contributed by atoms with van der Waals surface area (Å²) in [5.41, 5.74) is 1.14. The summed E-state index contributed by atoms with van der Waals surface area (Å²) in [5.74, 6) is 1.94. The van der Waals surface area contributed by atoms with Gasteiger partial charge in [-0.15, -0.1) is 0 Å². The number of hydrogen-bond acceptors (Lipinski definition) is 6. The third-order valence-electron chi connectivity index (χ3n) is 4.64. The van der Waals surface area contributed by atoms with Crippen molar-refractivity contribution in [3.63, 3.8) is 0 Å². The topological polar surface area (TPSA) is 58.6 Å². The Balaban J connectivity index is 1.62. The maximum atomic E-state index is 12.2. The Kier molecular flexibility index (Phi) is 6.08. The van der Waals surface area contributed by atoms with Crippen LogP contribution in [0.3, 0.4) is 0 Å². The molecule has 2 heterocycles. The molecule has 26 heavy (non-hydrogen) atoms. The van der Waals surface area contributed by atoms with Crippen LogP contribution in [-0.4, -0.2) is 53.0 Å². The highest BCUT2D eigenvalue weighted by Gasteiger charge is 2.28. The highest BCUT2D eigenvalue weighted by Crippen LogP contribution is 2.23. The second-order valence-electron chi connectivity index (χ2n) is 6.65. The van der Waals surface area contributed by atoms with Crippen LogP contribution < -0.4 is 9.64 Å². The van der Waals surface area contributed by atoms with E-state index in [1.54, 1.807) is 7.11 Å². The van der Waals surface area contributed by atoms with Crippen LogP contribution in [0.25, 0.3) is 0 Å². The van der Waals surface area contributed by atoms with Crippen molar-refractivity contribution < 1.29 is 9.53 Å². The van der Waals surface area contributed by atoms with Gasteiger partial charge in [-0.1, -0.05) is 19.1 Å². The number of piperazine rings is 1. The first-order valence-corrected chi connectivity index (χ1v) is 9.88. The zero-order chi connectivity index (χ0) is 18.5. The number of hydrogen-bond donors (Lipinski definition) is 0. The summed E-state index contributed by atoms with van der Waals surface area (Å²) in [6.07, 6.45) is 2.22. The highest BCUT2D eigenvalue weighted by molar-refractivity contribution is 7.09. The lowest BCUT2D eigenvalue weighted by atomic mass is 10.1. The second kappa shape index (κ2) is 8.49. The minimum atomic E-state index is 0.202. The van der Waals surface area contributed by atoms with Gasteiger partial charge in [0, 0.05) is 50.1 Å². The Morgan fingerprint density at radius 1 is 1.38 bits per heavy atom. The molecule has 1 aromatic heterocycles. The van der Waals surface area contributed by atoms with E-state index in [1.807, 2.05) is 30.0 Å². The zero-order valence-electron chi connectivity index (χ0n) is 15.6. The largest absolute Gasteiger partial charge is 0.497 e. The van der Waals surface area contributed by atoms with Crippen LogP contribution in [0.2, 0.25) is 0 Å². The van der Waals surface area contributed by atoms with E-state index in [4.69, 9.17) is 9.72 Å². The minimum absolute atomic E-state index is 0.202. The summed E-state index contributed by atoms with van der Waals surface area (Å²) in [4.78, 5) is 21.1. The van der Waals surface area contributed by atoms with E-state index < -0.39 is 0 Å². The summed E-state index contributed by atoms with van der Waals surface area (Å²) < 4.78 is 9.79. The smallest absolute Gasteiger partial charge is 0.222 e. The third-order valence-corrected chi connectivity index (χ3v) is 5.45. The second-order valence-corrected chi connectivity index (χ2v) is 7.38. The number of carbonyl (C=O) groups excluding carboxylic acids is 1. The van der Waals surface area contributed by atoms with Gasteiger partial charge in [-0.25, -0.2) is 4.98 Å². The molecule has 1 aromatic carbocycles. The fraction of sp³-hybridized carbons (Fsp3) is 0.526. The standard InChI is InChI=1S/C19H26N4O2S/c1-4-6-18(24)23-10-9-22(13-14(23)2)19-20-17(21-26-19)12-15-7-5-8-16(11-15)25-3/h5,7-8,11,14H,4,6,9-10,12-13H2,1-3H3/t14-/m0/s1. The lowest BCUT2D eigenvalue weighted by Gasteiger charge is -2.39. The third kappa shape index (κ3) is 4.33. The van der Waals surface area contributed by atoms with Crippen LogP contribution in [0.5, 0.6) is 5.75 Å². The van der Waals surface area contributed by atoms with Crippen molar-refractivity contribution in [3.8, 4) is 5.75 Å². The van der Waals surface area contributed by atoms with Gasteiger partial charge in [0.2, 0.25) is 11.0 Å². The number of methoxy groups -OCH3 is 1. The normalized spacial score (nSPS) is 17.4. The van der Waals surface area contributed by atoms with E-state index in [9.17, 15) is 4.79 Å². The summed E-state index contributed by atoms with van der Waals surface area (Å²) in [6.45, 7) is 6.53. The van der Waals surface area contributed by atoms with Crippen molar-refractivity contribution in [2.45, 2.75) is 39.2 Å². The molecule has 0 unspecified atom stereocenters. The van der Waals surface area contributed by atoms with Crippen molar-refractivity contribution in [2.24, 2.45) is 0 Å². The molecule has 2 aromatic rings. The number of carbonyl (C=O) groups is 1. The van der Waals surface area contributed by atoms with E-state index in [0.29, 0.717) is 12.8 Å². The predicted molar refractivity (Wildman–Crippen MR) is 104 cm³/mol. The van der Waals surface area contributed by atoms with E-state index in [2.05, 4.69) is 22.3 Å². The number of rotatable bonds is 6. The Bertz CT molecular complexity index is 749. The zero-order valence-corrected chi connectivity index (χ0v) is 16.5. The lowest BCUT2D eigenvalue weighted by Crippen LogP contribution is -2.54. The van der Waals surface area contributed by atoms with Gasteiger partial charge in [0.05, 0.1) is 7.11 Å². The van der Waals surface area contributed by atoms with Gasteiger partial charge in [-0.2, -0.15) is 4.37 Å². The number of amides is 1. The number of aromatic nitrogens is 2. The summed E-state index contributed by atoms with van der Waals surface area (Å²) in [7, 11) is 1.67. The molecule has 1 aliphatic heterocycles. The number of benzene rings is 1. The molecule has 6 nitrogen and oxygen atoms in total. The molecule has 0 N–H and O–H groups in total. The molecule has 0 bridgehead atoms. The molecular formula is C19H26N4O2S. The summed E-state index contributed by atoms with van der Waals surface area (Å²) in [6, 6.07) is 8.19. The van der Waals surface area contributed by atoms with E-state index >= 15 is 0 Å². The molecule has 1 fully saturated rings. The van der Waals surface area contributed by atoms with Gasteiger partial charge in [0.15, 0.2) is 0 Å². The van der Waals surface area contributed by atoms with E-state index in [-0.39, 0.29) is 11.9 Å². The predicted octanol–water partition coefficient (Wildman–Crippen LogP) is 2.97. The molecule has 1 amide bonds. The Hall–Kier alpha value is -2.15. The molecule has 3 rings (SSSR count). The fourth-order valence-corrected chi connectivity index (χ4v) is 3.99. The first-order chi connectivity index (χ1) is 12.6. The monoisotopic (exact) mass is 374 g/mol. The van der Waals surface area contributed by atoms with Crippen molar-refractivity contribution in [2.75, 3.05) is 31.6 Å². The molecule has 140 valence electrons. The summed E-state index contributed by atoms with van der Waals surface area (Å²) in [5, 5.41) is 0.942. The molecule has 1 atom stereocenters. The van der Waals surface area contributed by atoms with Crippen LogP contribution in [0.4, 0.5) is 5.13 Å². The molecule has 0 saturated carbocycles. The maximum Gasteiger partial charge on any atom is 0.222 e. The SMILES string of the molecule is CCCC(=O)N1CCN(c2nc(Cc3cccc(OC)c3)ns2)C[C@@H]1C. The van der Waals surface area contributed by atoms with Crippen LogP contribution in [-0.2, 0) is 11.2 Å². The number of ether oxygens (including phenoxy) is 1. The van der Waals surface area contributed by atoms with Crippen LogP contribution in [0.1, 0.15) is 38.1 Å². The Labute approximate surface area is 159 Å². The van der Waals surface area contributed by atoms with Crippen molar-refractivity contribution in [3.05, 3.63) is 35.7 Å². The first kappa shape index (κ1) is 18.6. The summed E-state index contributed by atoms with van der Waals surface area (Å²) >= 11 is 1.44. The van der Waals surface area contributed by atoms with Gasteiger partial charge in [-0.3, -0.25) is 4.79 Å². The van der Waals surface area contributed by atoms with Crippen molar-refractivity contribution >= 4 is 22.6 Å². The molecule has 0 radical (unpaired) electrons. The lowest BCUT2D eigenvalue weighted by molar-refractivity contribution is -0.133. The van der Waals surface area contributed by atoms with Crippen LogP contribution in [0.15, 0.2) is 24.3 Å². The van der Waals surface area contributed by atoms with E-state index in [0.717, 1.165) is 48.3 Å². The van der Waals surface area contributed by atoms with Gasteiger partial charge >= 0.3 is 0 Å². The quantitative estimate of drug-likeness (QED) is 0.778. The fourth-order valence-electron chi connectivity index (χ4n) is 3.27. The molecular weight excluding hydrogens is 348 g/mol. The molecule has 0 spiro atoms. The van der Waals surface area contributed by atoms with Gasteiger partial charge in [-0.05, 0) is 31.0 Å². The Morgan fingerprint density at radius 2 is 2.23 bits per heavy atom. The molecule has 1 aliphatic rings. The molecule has 7 heteroatoms. The number of anilines is 1. The average molecular weight is 375 g/mol. The Morgan fingerprint density at radius 3 is 2.96 bits per heavy atom. The average Bonchev–Trinajstić information content (AvgIpc) is 3.10. The van der Waals surface area contributed by atoms with E-state index in [1.165, 1.54) is 11.5 Å². The van der Waals surface area contributed by atoms with Gasteiger partial charge in [0.1, 0.15) is 11.6 Å². The molecule has 1 saturated heterocycles. The van der Waals surface area contributed by atoms with Gasteiger partial charge < -0.3 is 14.5 Å². The first-order valence-electron chi connectivity index (χ1n) is 9.10.